The lowest BCUT2D eigenvalue weighted by molar-refractivity contribution is -0.131. The molecule has 102 valence electrons. The van der Waals surface area contributed by atoms with E-state index in [9.17, 15) is 13.6 Å². The first-order valence-electron chi connectivity index (χ1n) is 5.69. The van der Waals surface area contributed by atoms with Gasteiger partial charge in [-0.05, 0) is 35.9 Å². The van der Waals surface area contributed by atoms with Crippen molar-refractivity contribution < 1.29 is 23.4 Å². The predicted octanol–water partition coefficient (Wildman–Crippen LogP) is 3.85. The van der Waals surface area contributed by atoms with Gasteiger partial charge in [-0.1, -0.05) is 18.2 Å². The third-order valence-corrected chi connectivity index (χ3v) is 2.42. The van der Waals surface area contributed by atoms with Gasteiger partial charge in [0.15, 0.2) is 17.4 Å². The fraction of sp³-hybridized carbons (Fsp3) is 0. The largest absolute Gasteiger partial charge is 0.478 e. The van der Waals surface area contributed by atoms with E-state index in [2.05, 4.69) is 0 Å². The number of carbonyl (C=O) groups is 1. The van der Waals surface area contributed by atoms with Crippen LogP contribution in [0.1, 0.15) is 5.56 Å². The fourth-order valence-electron chi connectivity index (χ4n) is 1.55. The zero-order chi connectivity index (χ0) is 14.5. The first kappa shape index (κ1) is 13.7. The van der Waals surface area contributed by atoms with Gasteiger partial charge >= 0.3 is 5.97 Å². The second-order valence-electron chi connectivity index (χ2n) is 3.90. The number of ether oxygens (including phenoxy) is 1. The summed E-state index contributed by atoms with van der Waals surface area (Å²) in [4.78, 5) is 10.4. The maximum Gasteiger partial charge on any atom is 0.328 e. The lowest BCUT2D eigenvalue weighted by Gasteiger charge is -2.08. The molecule has 0 aliphatic heterocycles. The standard InChI is InChI=1S/C15H10F2O3/c16-12-5-2-6-13(17)15(12)20-11-4-1-3-10(9-11)7-8-14(18)19/h1-9H,(H,18,19)/b8-7+. The summed E-state index contributed by atoms with van der Waals surface area (Å²) in [5.41, 5.74) is 0.543. The highest BCUT2D eigenvalue weighted by molar-refractivity contribution is 5.85. The van der Waals surface area contributed by atoms with E-state index in [1.807, 2.05) is 0 Å². The Balaban J connectivity index is 2.26. The number of halogens is 2. The summed E-state index contributed by atoms with van der Waals surface area (Å²) in [6.45, 7) is 0. The van der Waals surface area contributed by atoms with Crippen molar-refractivity contribution in [2.75, 3.05) is 0 Å². The first-order valence-corrected chi connectivity index (χ1v) is 5.69. The molecule has 0 aliphatic rings. The molecule has 0 bridgehead atoms. The molecule has 0 aromatic heterocycles. The molecule has 20 heavy (non-hydrogen) atoms. The number of carboxylic acids is 1. The number of hydrogen-bond acceptors (Lipinski definition) is 2. The highest BCUT2D eigenvalue weighted by Crippen LogP contribution is 2.27. The van der Waals surface area contributed by atoms with Gasteiger partial charge in [0.25, 0.3) is 0 Å². The van der Waals surface area contributed by atoms with Gasteiger partial charge in [0.2, 0.25) is 0 Å². The summed E-state index contributed by atoms with van der Waals surface area (Å²) in [6, 6.07) is 9.65. The van der Waals surface area contributed by atoms with E-state index in [0.29, 0.717) is 5.56 Å². The molecule has 0 saturated heterocycles. The highest BCUT2D eigenvalue weighted by atomic mass is 19.1. The van der Waals surface area contributed by atoms with Crippen molar-refractivity contribution in [1.82, 2.24) is 0 Å². The third kappa shape index (κ3) is 3.41. The van der Waals surface area contributed by atoms with E-state index in [-0.39, 0.29) is 5.75 Å². The van der Waals surface area contributed by atoms with E-state index in [1.54, 1.807) is 12.1 Å². The van der Waals surface area contributed by atoms with Crippen molar-refractivity contribution in [3.63, 3.8) is 0 Å². The summed E-state index contributed by atoms with van der Waals surface area (Å²) in [5, 5.41) is 8.53. The quantitative estimate of drug-likeness (QED) is 0.863. The average molecular weight is 276 g/mol. The molecule has 0 aliphatic carbocycles. The van der Waals surface area contributed by atoms with E-state index in [1.165, 1.54) is 24.3 Å². The van der Waals surface area contributed by atoms with Gasteiger partial charge in [-0.2, -0.15) is 0 Å². The Morgan fingerprint density at radius 2 is 1.75 bits per heavy atom. The second-order valence-corrected chi connectivity index (χ2v) is 3.90. The topological polar surface area (TPSA) is 46.5 Å². The molecular weight excluding hydrogens is 266 g/mol. The molecule has 2 rings (SSSR count). The minimum absolute atomic E-state index is 0.210. The normalized spacial score (nSPS) is 10.7. The van der Waals surface area contributed by atoms with Gasteiger partial charge in [0, 0.05) is 6.08 Å². The predicted molar refractivity (Wildman–Crippen MR) is 69.5 cm³/mol. The SMILES string of the molecule is O=C(O)/C=C/c1cccc(Oc2c(F)cccc2F)c1. The van der Waals surface area contributed by atoms with Crippen molar-refractivity contribution in [3.05, 3.63) is 65.7 Å². The average Bonchev–Trinajstić information content (AvgIpc) is 2.41. The van der Waals surface area contributed by atoms with Gasteiger partial charge < -0.3 is 9.84 Å². The maximum atomic E-state index is 13.4. The van der Waals surface area contributed by atoms with Crippen molar-refractivity contribution in [2.24, 2.45) is 0 Å². The fourth-order valence-corrected chi connectivity index (χ4v) is 1.55. The Morgan fingerprint density at radius 3 is 2.40 bits per heavy atom. The number of para-hydroxylation sites is 1. The lowest BCUT2D eigenvalue weighted by atomic mass is 10.2. The summed E-state index contributed by atoms with van der Waals surface area (Å²) in [6.07, 6.45) is 2.32. The van der Waals surface area contributed by atoms with Crippen LogP contribution in [0.4, 0.5) is 8.78 Å². The van der Waals surface area contributed by atoms with Crippen LogP contribution in [0.15, 0.2) is 48.5 Å². The van der Waals surface area contributed by atoms with E-state index < -0.39 is 23.4 Å². The summed E-state index contributed by atoms with van der Waals surface area (Å²) in [7, 11) is 0. The van der Waals surface area contributed by atoms with Crippen molar-refractivity contribution >= 4 is 12.0 Å². The van der Waals surface area contributed by atoms with Crippen LogP contribution in [0, 0.1) is 11.6 Å². The van der Waals surface area contributed by atoms with Gasteiger partial charge in [-0.3, -0.25) is 0 Å². The summed E-state index contributed by atoms with van der Waals surface area (Å²) in [5.74, 6) is -2.99. The second kappa shape index (κ2) is 5.97. The molecular formula is C15H10F2O3. The maximum absolute atomic E-state index is 13.4. The summed E-state index contributed by atoms with van der Waals surface area (Å²) >= 11 is 0. The molecule has 0 radical (unpaired) electrons. The number of rotatable bonds is 4. The molecule has 1 N–H and O–H groups in total. The van der Waals surface area contributed by atoms with Gasteiger partial charge in [0.05, 0.1) is 0 Å². The zero-order valence-electron chi connectivity index (χ0n) is 10.2. The first-order chi connectivity index (χ1) is 9.56. The minimum atomic E-state index is -1.09. The van der Waals surface area contributed by atoms with Crippen LogP contribution < -0.4 is 4.74 Å². The molecule has 0 heterocycles. The van der Waals surface area contributed by atoms with Crippen LogP contribution in [-0.4, -0.2) is 11.1 Å². The molecule has 5 heteroatoms. The van der Waals surface area contributed by atoms with E-state index in [0.717, 1.165) is 18.2 Å². The number of benzene rings is 2. The molecule has 0 saturated carbocycles. The molecule has 2 aromatic carbocycles. The monoisotopic (exact) mass is 276 g/mol. The van der Waals surface area contributed by atoms with Gasteiger partial charge in [0.1, 0.15) is 5.75 Å². The van der Waals surface area contributed by atoms with Crippen LogP contribution in [0.5, 0.6) is 11.5 Å². The molecule has 0 atom stereocenters. The number of hydrogen-bond donors (Lipinski definition) is 1. The molecule has 3 nitrogen and oxygen atoms in total. The lowest BCUT2D eigenvalue weighted by Crippen LogP contribution is -1.92. The Kier molecular flexibility index (Phi) is 4.10. The Morgan fingerprint density at radius 1 is 1.10 bits per heavy atom. The van der Waals surface area contributed by atoms with Gasteiger partial charge in [-0.15, -0.1) is 0 Å². The Hall–Kier alpha value is -2.69. The van der Waals surface area contributed by atoms with Crippen LogP contribution in [0.2, 0.25) is 0 Å². The Bertz CT molecular complexity index is 646. The molecule has 0 amide bonds. The van der Waals surface area contributed by atoms with Crippen molar-refractivity contribution in [1.29, 1.82) is 0 Å². The summed E-state index contributed by atoms with van der Waals surface area (Å²) < 4.78 is 32.0. The molecule has 2 aromatic rings. The van der Waals surface area contributed by atoms with Crippen LogP contribution in [0.3, 0.4) is 0 Å². The highest BCUT2D eigenvalue weighted by Gasteiger charge is 2.10. The molecule has 0 spiro atoms. The Labute approximate surface area is 113 Å². The smallest absolute Gasteiger partial charge is 0.328 e. The number of carboxylic acid groups (broad SMARTS) is 1. The minimum Gasteiger partial charge on any atom is -0.478 e. The van der Waals surface area contributed by atoms with Crippen molar-refractivity contribution in [2.45, 2.75) is 0 Å². The van der Waals surface area contributed by atoms with Crippen LogP contribution in [-0.2, 0) is 4.79 Å². The van der Waals surface area contributed by atoms with E-state index in [4.69, 9.17) is 9.84 Å². The zero-order valence-corrected chi connectivity index (χ0v) is 10.2. The number of aliphatic carboxylic acids is 1. The molecule has 0 unspecified atom stereocenters. The van der Waals surface area contributed by atoms with Gasteiger partial charge in [-0.25, -0.2) is 13.6 Å². The third-order valence-electron chi connectivity index (χ3n) is 2.42. The van der Waals surface area contributed by atoms with E-state index >= 15 is 0 Å². The van der Waals surface area contributed by atoms with Crippen LogP contribution >= 0.6 is 0 Å². The molecule has 0 fully saturated rings. The van der Waals surface area contributed by atoms with Crippen molar-refractivity contribution in [3.8, 4) is 11.5 Å². The van der Waals surface area contributed by atoms with Crippen LogP contribution in [0.25, 0.3) is 6.08 Å².